The first-order valence-electron chi connectivity index (χ1n) is 38.6. The van der Waals surface area contributed by atoms with Crippen LogP contribution in [0.4, 0.5) is 0 Å². The number of hydrogen-bond acceptors (Lipinski definition) is 15. The van der Waals surface area contributed by atoms with Crippen molar-refractivity contribution in [3.8, 4) is 0 Å². The predicted molar refractivity (Wildman–Crippen MR) is 377 cm³/mol. The van der Waals surface area contributed by atoms with Crippen molar-refractivity contribution in [1.29, 1.82) is 0 Å². The summed E-state index contributed by atoms with van der Waals surface area (Å²) < 4.78 is 68.4. The molecule has 0 aromatic heterocycles. The number of aliphatic hydroxyl groups is 1. The zero-order valence-corrected chi connectivity index (χ0v) is 62.2. The van der Waals surface area contributed by atoms with Gasteiger partial charge in [-0.05, 0) is 31.6 Å². The van der Waals surface area contributed by atoms with E-state index in [9.17, 15) is 43.2 Å². The minimum Gasteiger partial charge on any atom is -0.462 e. The van der Waals surface area contributed by atoms with Crippen molar-refractivity contribution < 1.29 is 80.2 Å². The van der Waals surface area contributed by atoms with Gasteiger partial charge in [0.25, 0.3) is 0 Å². The third-order valence-electron chi connectivity index (χ3n) is 17.3. The molecule has 17 nitrogen and oxygen atoms in total. The number of ether oxygens (including phenoxy) is 4. The summed E-state index contributed by atoms with van der Waals surface area (Å²) in [5.41, 5.74) is 0. The molecule has 0 spiro atoms. The van der Waals surface area contributed by atoms with Crippen LogP contribution in [-0.4, -0.2) is 96.7 Å². The second kappa shape index (κ2) is 67.3. The summed E-state index contributed by atoms with van der Waals surface area (Å²) in [7, 11) is -9.90. The number of carbonyl (C=O) groups is 4. The van der Waals surface area contributed by atoms with E-state index in [-0.39, 0.29) is 25.7 Å². The van der Waals surface area contributed by atoms with E-state index in [2.05, 4.69) is 34.6 Å². The summed E-state index contributed by atoms with van der Waals surface area (Å²) in [6.45, 7) is 7.29. The summed E-state index contributed by atoms with van der Waals surface area (Å²) in [4.78, 5) is 72.6. The lowest BCUT2D eigenvalue weighted by Crippen LogP contribution is -2.30. The van der Waals surface area contributed by atoms with Crippen molar-refractivity contribution in [1.82, 2.24) is 0 Å². The van der Waals surface area contributed by atoms with Crippen LogP contribution in [0.1, 0.15) is 388 Å². The minimum absolute atomic E-state index is 0.107. The second-order valence-corrected chi connectivity index (χ2v) is 30.1. The van der Waals surface area contributed by atoms with Gasteiger partial charge in [-0.1, -0.05) is 336 Å². The molecule has 552 valence electrons. The number of hydrogen-bond donors (Lipinski definition) is 3. The van der Waals surface area contributed by atoms with Crippen molar-refractivity contribution in [3.05, 3.63) is 0 Å². The third kappa shape index (κ3) is 68.4. The average molecular weight is 1370 g/mol. The average Bonchev–Trinajstić information content (AvgIpc) is 1.82. The maximum Gasteiger partial charge on any atom is 0.472 e. The summed E-state index contributed by atoms with van der Waals surface area (Å²) in [6, 6.07) is 0. The number of esters is 4. The van der Waals surface area contributed by atoms with Gasteiger partial charge in [-0.15, -0.1) is 0 Å². The van der Waals surface area contributed by atoms with E-state index in [4.69, 9.17) is 37.0 Å². The highest BCUT2D eigenvalue weighted by Gasteiger charge is 2.30. The van der Waals surface area contributed by atoms with Crippen molar-refractivity contribution in [2.24, 2.45) is 5.92 Å². The lowest BCUT2D eigenvalue weighted by Gasteiger charge is -2.21. The molecule has 5 atom stereocenters. The van der Waals surface area contributed by atoms with Gasteiger partial charge < -0.3 is 33.8 Å². The summed E-state index contributed by atoms with van der Waals surface area (Å²) in [6.07, 6.45) is 55.4. The van der Waals surface area contributed by atoms with Crippen LogP contribution in [-0.2, 0) is 65.4 Å². The van der Waals surface area contributed by atoms with Gasteiger partial charge in [0, 0.05) is 25.7 Å². The molecule has 0 radical (unpaired) electrons. The summed E-state index contributed by atoms with van der Waals surface area (Å²) in [5.74, 6) is -1.31. The van der Waals surface area contributed by atoms with Gasteiger partial charge >= 0.3 is 39.5 Å². The molecule has 0 rings (SSSR count). The maximum atomic E-state index is 13.1. The van der Waals surface area contributed by atoms with Gasteiger partial charge in [0.15, 0.2) is 12.2 Å². The Morgan fingerprint density at radius 2 is 0.495 bits per heavy atom. The fraction of sp³-hybridized carbons (Fsp3) is 0.946. The standard InChI is InChI=1S/C74H144O17P2/c1-6-9-12-15-18-21-23-24-30-34-38-43-48-53-58-72(77)85-64-70(91-74(79)60-55-50-45-40-35-31-28-26-25-27-29-33-37-41-46-51-56-67(4)5)66-89-93(82,83)87-62-68(75)61-86-92(80,81)88-65-69(63-84-71(76)57-52-47-42-36-20-17-14-11-8-3)90-73(78)59-54-49-44-39-32-22-19-16-13-10-7-2/h67-70,75H,6-66H2,1-5H3,(H,80,81)(H,82,83)/t68-,69+,70+/m0/s1. The fourth-order valence-corrected chi connectivity index (χ4v) is 12.9. The Hall–Kier alpha value is -1.94. The zero-order valence-electron chi connectivity index (χ0n) is 60.4. The smallest absolute Gasteiger partial charge is 0.462 e. The molecule has 93 heavy (non-hydrogen) atoms. The molecule has 0 saturated carbocycles. The van der Waals surface area contributed by atoms with Crippen molar-refractivity contribution in [2.45, 2.75) is 406 Å². The second-order valence-electron chi connectivity index (χ2n) is 27.2. The molecular weight excluding hydrogens is 1220 g/mol. The Kier molecular flexibility index (Phi) is 65.9. The Bertz CT molecular complexity index is 1790. The van der Waals surface area contributed by atoms with Gasteiger partial charge in [0.05, 0.1) is 26.4 Å². The number of carbonyl (C=O) groups excluding carboxylic acids is 4. The molecule has 0 bridgehead atoms. The van der Waals surface area contributed by atoms with E-state index in [0.29, 0.717) is 25.7 Å². The number of rotatable bonds is 74. The van der Waals surface area contributed by atoms with E-state index >= 15 is 0 Å². The van der Waals surface area contributed by atoms with Crippen molar-refractivity contribution >= 4 is 39.5 Å². The predicted octanol–water partition coefficient (Wildman–Crippen LogP) is 21.7. The minimum atomic E-state index is -4.95. The van der Waals surface area contributed by atoms with E-state index in [0.717, 1.165) is 95.8 Å². The van der Waals surface area contributed by atoms with Gasteiger partial charge in [-0.3, -0.25) is 37.3 Å². The quantitative estimate of drug-likeness (QED) is 0.0222. The number of phosphoric ester groups is 2. The molecular formula is C74H144O17P2. The van der Waals surface area contributed by atoms with Gasteiger partial charge in [-0.25, -0.2) is 9.13 Å². The lowest BCUT2D eigenvalue weighted by molar-refractivity contribution is -0.161. The molecule has 0 heterocycles. The van der Waals surface area contributed by atoms with Crippen LogP contribution in [0.2, 0.25) is 0 Å². The number of aliphatic hydroxyl groups excluding tert-OH is 1. The van der Waals surface area contributed by atoms with Crippen LogP contribution in [0.15, 0.2) is 0 Å². The van der Waals surface area contributed by atoms with Gasteiger partial charge in [-0.2, -0.15) is 0 Å². The molecule has 0 aliphatic carbocycles. The molecule has 0 aromatic carbocycles. The monoisotopic (exact) mass is 1370 g/mol. The topological polar surface area (TPSA) is 237 Å². The molecule has 0 fully saturated rings. The Labute approximate surface area is 568 Å². The third-order valence-corrected chi connectivity index (χ3v) is 19.2. The highest BCUT2D eigenvalue weighted by atomic mass is 31.2. The molecule has 0 aromatic rings. The lowest BCUT2D eigenvalue weighted by atomic mass is 10.0. The van der Waals surface area contributed by atoms with Gasteiger partial charge in [0.2, 0.25) is 0 Å². The molecule has 0 aliphatic heterocycles. The van der Waals surface area contributed by atoms with Crippen LogP contribution in [0.25, 0.3) is 0 Å². The number of unbranched alkanes of at least 4 members (excludes halogenated alkanes) is 46. The molecule has 0 amide bonds. The van der Waals surface area contributed by atoms with Crippen LogP contribution >= 0.6 is 15.6 Å². The van der Waals surface area contributed by atoms with Gasteiger partial charge in [0.1, 0.15) is 19.3 Å². The summed E-state index contributed by atoms with van der Waals surface area (Å²) in [5, 5.41) is 10.6. The molecule has 0 saturated heterocycles. The Morgan fingerprint density at radius 1 is 0.290 bits per heavy atom. The first-order chi connectivity index (χ1) is 45.0. The Morgan fingerprint density at radius 3 is 0.731 bits per heavy atom. The van der Waals surface area contributed by atoms with Crippen molar-refractivity contribution in [3.63, 3.8) is 0 Å². The van der Waals surface area contributed by atoms with E-state index in [1.165, 1.54) is 212 Å². The highest BCUT2D eigenvalue weighted by Crippen LogP contribution is 2.45. The number of phosphoric acid groups is 2. The largest absolute Gasteiger partial charge is 0.472 e. The summed E-state index contributed by atoms with van der Waals surface area (Å²) >= 11 is 0. The van der Waals surface area contributed by atoms with Crippen LogP contribution < -0.4 is 0 Å². The van der Waals surface area contributed by atoms with E-state index < -0.39 is 97.5 Å². The van der Waals surface area contributed by atoms with Crippen molar-refractivity contribution in [2.75, 3.05) is 39.6 Å². The molecule has 3 N–H and O–H groups in total. The molecule has 2 unspecified atom stereocenters. The first-order valence-corrected chi connectivity index (χ1v) is 41.6. The van der Waals surface area contributed by atoms with Crippen LogP contribution in [0.5, 0.6) is 0 Å². The zero-order chi connectivity index (χ0) is 68.4. The maximum absolute atomic E-state index is 13.1. The highest BCUT2D eigenvalue weighted by molar-refractivity contribution is 7.47. The molecule has 19 heteroatoms. The molecule has 0 aliphatic rings. The SMILES string of the molecule is CCCCCCCCCCCCCCCCC(=O)OC[C@H](COP(=O)(O)OC[C@@H](O)COP(=O)(O)OC[C@@H](COC(=O)CCCCCCCCCCC)OC(=O)CCCCCCCCCCCCC)OC(=O)CCCCCCCCCCCCCCCCCCC(C)C. The first kappa shape index (κ1) is 91.1. The van der Waals surface area contributed by atoms with E-state index in [1.807, 2.05) is 0 Å². The fourth-order valence-electron chi connectivity index (χ4n) is 11.4. The Balaban J connectivity index is 5.21. The van der Waals surface area contributed by atoms with Crippen LogP contribution in [0.3, 0.4) is 0 Å². The van der Waals surface area contributed by atoms with E-state index in [1.54, 1.807) is 0 Å². The van der Waals surface area contributed by atoms with Crippen LogP contribution in [0, 0.1) is 5.92 Å². The normalized spacial score (nSPS) is 14.0.